The Kier molecular flexibility index (Phi) is 7.93. The highest BCUT2D eigenvalue weighted by molar-refractivity contribution is 7.99. The smallest absolute Gasteiger partial charge is 0.223 e. The van der Waals surface area contributed by atoms with Crippen molar-refractivity contribution in [3.63, 3.8) is 0 Å². The standard InChI is InChI=1S/C26H30Cl2N2O2S/c1-16(2)17-7-3-4-8-21(17)33-22-11-10-18(24(27)25(22)28)19-15-20(19)26(32)29-12-6-14-30-13-5-9-23(30)31/h3-4,7-8,10-11,16,19-20H,5-6,9,12-15H2,1-2H3,(H,29,32). The van der Waals surface area contributed by atoms with Gasteiger partial charge in [-0.05, 0) is 54.4 Å². The fourth-order valence-corrected chi connectivity index (χ4v) is 6.24. The van der Waals surface area contributed by atoms with Crippen molar-refractivity contribution < 1.29 is 9.59 Å². The number of benzene rings is 2. The van der Waals surface area contributed by atoms with E-state index in [1.54, 1.807) is 11.8 Å². The number of carbonyl (C=O) groups excluding carboxylic acids is 2. The van der Waals surface area contributed by atoms with Crippen LogP contribution < -0.4 is 5.32 Å². The molecule has 2 aliphatic rings. The van der Waals surface area contributed by atoms with Crippen LogP contribution in [0.25, 0.3) is 0 Å². The molecule has 33 heavy (non-hydrogen) atoms. The molecule has 2 unspecified atom stereocenters. The number of rotatable bonds is 9. The molecule has 0 radical (unpaired) electrons. The summed E-state index contributed by atoms with van der Waals surface area (Å²) in [5.74, 6) is 0.752. The summed E-state index contributed by atoms with van der Waals surface area (Å²) < 4.78 is 0. The van der Waals surface area contributed by atoms with Gasteiger partial charge < -0.3 is 10.2 Å². The average molecular weight is 506 g/mol. The van der Waals surface area contributed by atoms with Crippen molar-refractivity contribution in [2.45, 2.75) is 61.2 Å². The second kappa shape index (κ2) is 10.7. The van der Waals surface area contributed by atoms with Crippen molar-refractivity contribution in [1.82, 2.24) is 10.2 Å². The van der Waals surface area contributed by atoms with Gasteiger partial charge in [0.05, 0.1) is 10.0 Å². The summed E-state index contributed by atoms with van der Waals surface area (Å²) in [6.45, 7) is 6.51. The fourth-order valence-electron chi connectivity index (χ4n) is 4.46. The first-order valence-corrected chi connectivity index (χ1v) is 13.2. The molecule has 2 aromatic carbocycles. The van der Waals surface area contributed by atoms with Gasteiger partial charge in [-0.25, -0.2) is 0 Å². The van der Waals surface area contributed by atoms with Crippen LogP contribution in [0.15, 0.2) is 46.2 Å². The molecule has 2 aromatic rings. The highest BCUT2D eigenvalue weighted by Crippen LogP contribution is 2.52. The molecular weight excluding hydrogens is 475 g/mol. The van der Waals surface area contributed by atoms with Gasteiger partial charge in [-0.3, -0.25) is 9.59 Å². The third-order valence-corrected chi connectivity index (χ3v) is 8.60. The van der Waals surface area contributed by atoms with Crippen LogP contribution in [0.3, 0.4) is 0 Å². The Labute approximate surface area is 210 Å². The van der Waals surface area contributed by atoms with Crippen LogP contribution in [-0.4, -0.2) is 36.3 Å². The summed E-state index contributed by atoms with van der Waals surface area (Å²) in [5.41, 5.74) is 2.23. The fraction of sp³-hybridized carbons (Fsp3) is 0.462. The maximum absolute atomic E-state index is 12.6. The van der Waals surface area contributed by atoms with Gasteiger partial charge in [0.15, 0.2) is 0 Å². The summed E-state index contributed by atoms with van der Waals surface area (Å²) in [6.07, 6.45) is 3.17. The van der Waals surface area contributed by atoms with Gasteiger partial charge in [-0.15, -0.1) is 0 Å². The number of carbonyl (C=O) groups is 2. The van der Waals surface area contributed by atoms with Crippen LogP contribution in [0, 0.1) is 5.92 Å². The van der Waals surface area contributed by atoms with Gasteiger partial charge in [0.25, 0.3) is 0 Å². The van der Waals surface area contributed by atoms with Crippen molar-refractivity contribution in [2.75, 3.05) is 19.6 Å². The highest BCUT2D eigenvalue weighted by Gasteiger charge is 2.45. The number of halogens is 2. The Balaban J connectivity index is 1.33. The van der Waals surface area contributed by atoms with E-state index in [4.69, 9.17) is 23.2 Å². The minimum atomic E-state index is -0.0628. The quantitative estimate of drug-likeness (QED) is 0.396. The lowest BCUT2D eigenvalue weighted by Gasteiger charge is -2.15. The van der Waals surface area contributed by atoms with E-state index in [1.165, 1.54) is 10.5 Å². The van der Waals surface area contributed by atoms with Gasteiger partial charge in [0.1, 0.15) is 0 Å². The molecular formula is C26H30Cl2N2O2S. The Morgan fingerprint density at radius 1 is 1.15 bits per heavy atom. The zero-order chi connectivity index (χ0) is 23.5. The van der Waals surface area contributed by atoms with Crippen LogP contribution in [0.1, 0.15) is 62.5 Å². The first-order chi connectivity index (χ1) is 15.9. The number of likely N-dealkylation sites (tertiary alicyclic amines) is 1. The zero-order valence-corrected chi connectivity index (χ0v) is 21.4. The van der Waals surface area contributed by atoms with Gasteiger partial charge >= 0.3 is 0 Å². The lowest BCUT2D eigenvalue weighted by Crippen LogP contribution is -2.31. The third kappa shape index (κ3) is 5.70. The lowest BCUT2D eigenvalue weighted by molar-refractivity contribution is -0.127. The summed E-state index contributed by atoms with van der Waals surface area (Å²) in [4.78, 5) is 28.2. The Morgan fingerprint density at radius 2 is 1.94 bits per heavy atom. The normalized spacial score (nSPS) is 19.9. The minimum Gasteiger partial charge on any atom is -0.356 e. The molecule has 0 aromatic heterocycles. The molecule has 4 rings (SSSR count). The first kappa shape index (κ1) is 24.4. The number of nitrogens with zero attached hydrogens (tertiary/aromatic N) is 1. The largest absolute Gasteiger partial charge is 0.356 e. The van der Waals surface area contributed by atoms with Gasteiger partial charge in [0.2, 0.25) is 11.8 Å². The van der Waals surface area contributed by atoms with Gasteiger partial charge in [-0.2, -0.15) is 0 Å². The highest BCUT2D eigenvalue weighted by atomic mass is 35.5. The predicted octanol–water partition coefficient (Wildman–Crippen LogP) is 6.50. The molecule has 2 atom stereocenters. The Bertz CT molecular complexity index is 1040. The topological polar surface area (TPSA) is 49.4 Å². The molecule has 1 N–H and O–H groups in total. The second-order valence-electron chi connectivity index (χ2n) is 9.15. The summed E-state index contributed by atoms with van der Waals surface area (Å²) in [5, 5.41) is 4.13. The molecule has 0 bridgehead atoms. The maximum atomic E-state index is 12.6. The number of hydrogen-bond acceptors (Lipinski definition) is 3. The van der Waals surface area contributed by atoms with Crippen LogP contribution in [0.4, 0.5) is 0 Å². The van der Waals surface area contributed by atoms with E-state index in [2.05, 4.69) is 37.4 Å². The van der Waals surface area contributed by atoms with Crippen molar-refractivity contribution in [2.24, 2.45) is 5.92 Å². The van der Waals surface area contributed by atoms with Crippen molar-refractivity contribution in [1.29, 1.82) is 0 Å². The summed E-state index contributed by atoms with van der Waals surface area (Å²) in [6, 6.07) is 12.4. The average Bonchev–Trinajstić information content (AvgIpc) is 3.49. The molecule has 2 amide bonds. The predicted molar refractivity (Wildman–Crippen MR) is 135 cm³/mol. The Hall–Kier alpha value is -1.69. The van der Waals surface area contributed by atoms with Crippen LogP contribution in [0.5, 0.6) is 0 Å². The van der Waals surface area contributed by atoms with Crippen LogP contribution in [-0.2, 0) is 9.59 Å². The van der Waals surface area contributed by atoms with Crippen molar-refractivity contribution >= 4 is 46.8 Å². The van der Waals surface area contributed by atoms with E-state index in [-0.39, 0.29) is 23.7 Å². The lowest BCUT2D eigenvalue weighted by atomic mass is 10.0. The molecule has 2 fully saturated rings. The van der Waals surface area contributed by atoms with Crippen LogP contribution >= 0.6 is 35.0 Å². The van der Waals surface area contributed by atoms with E-state index < -0.39 is 0 Å². The van der Waals surface area contributed by atoms with Crippen molar-refractivity contribution in [3.05, 3.63) is 57.6 Å². The number of hydrogen-bond donors (Lipinski definition) is 1. The molecule has 0 spiro atoms. The molecule has 4 nitrogen and oxygen atoms in total. The van der Waals surface area contributed by atoms with Gasteiger partial charge in [-0.1, -0.05) is 73.1 Å². The molecule has 1 saturated carbocycles. The van der Waals surface area contributed by atoms with Gasteiger partial charge in [0, 0.05) is 41.8 Å². The van der Waals surface area contributed by atoms with Crippen molar-refractivity contribution in [3.8, 4) is 0 Å². The second-order valence-corrected chi connectivity index (χ2v) is 11.0. The number of amides is 2. The van der Waals surface area contributed by atoms with E-state index in [9.17, 15) is 9.59 Å². The first-order valence-electron chi connectivity index (χ1n) is 11.7. The van der Waals surface area contributed by atoms with Crippen LogP contribution in [0.2, 0.25) is 10.0 Å². The van der Waals surface area contributed by atoms with E-state index in [1.807, 2.05) is 23.1 Å². The number of nitrogens with one attached hydrogen (secondary N) is 1. The zero-order valence-electron chi connectivity index (χ0n) is 19.1. The third-order valence-electron chi connectivity index (χ3n) is 6.44. The minimum absolute atomic E-state index is 0.0595. The monoisotopic (exact) mass is 504 g/mol. The molecule has 176 valence electrons. The van der Waals surface area contributed by atoms with E-state index >= 15 is 0 Å². The molecule has 1 aliphatic heterocycles. The Morgan fingerprint density at radius 3 is 2.67 bits per heavy atom. The molecule has 1 heterocycles. The summed E-state index contributed by atoms with van der Waals surface area (Å²) in [7, 11) is 0. The maximum Gasteiger partial charge on any atom is 0.223 e. The molecule has 1 saturated heterocycles. The SMILES string of the molecule is CC(C)c1ccccc1Sc1ccc(C2CC2C(=O)NCCCN2CCCC2=O)c(Cl)c1Cl. The molecule has 1 aliphatic carbocycles. The van der Waals surface area contributed by atoms with E-state index in [0.717, 1.165) is 36.3 Å². The van der Waals surface area contributed by atoms with E-state index in [0.29, 0.717) is 35.5 Å². The molecule has 7 heteroatoms. The summed E-state index contributed by atoms with van der Waals surface area (Å²) >= 11 is 15.0.